The third kappa shape index (κ3) is 3.61. The molecule has 6 heteroatoms. The fourth-order valence-electron chi connectivity index (χ4n) is 2.90. The predicted molar refractivity (Wildman–Crippen MR) is 85.8 cm³/mol. The van der Waals surface area contributed by atoms with Crippen molar-refractivity contribution in [2.75, 3.05) is 14.1 Å². The third-order valence-corrected chi connectivity index (χ3v) is 5.08. The third-order valence-electron chi connectivity index (χ3n) is 4.37. The van der Waals surface area contributed by atoms with E-state index in [9.17, 15) is 4.79 Å². The lowest BCUT2D eigenvalue weighted by atomic mass is 9.89. The first kappa shape index (κ1) is 16.4. The van der Waals surface area contributed by atoms with Gasteiger partial charge in [0.2, 0.25) is 0 Å². The number of rotatable bonds is 3. The molecule has 118 valence electrons. The summed E-state index contributed by atoms with van der Waals surface area (Å²) >= 11 is 1.22. The molecular weight excluding hydrogens is 284 g/mol. The van der Waals surface area contributed by atoms with E-state index in [1.54, 1.807) is 0 Å². The summed E-state index contributed by atoms with van der Waals surface area (Å²) in [5.41, 5.74) is 0.663. The summed E-state index contributed by atoms with van der Waals surface area (Å²) in [5, 5.41) is 7.50. The molecular formula is C15H26N4OS. The lowest BCUT2D eigenvalue weighted by Gasteiger charge is -2.34. The quantitative estimate of drug-likeness (QED) is 0.931. The average Bonchev–Trinajstić information content (AvgIpc) is 2.95. The van der Waals surface area contributed by atoms with Gasteiger partial charge in [-0.2, -0.15) is 0 Å². The predicted octanol–water partition coefficient (Wildman–Crippen LogP) is 2.44. The molecule has 1 fully saturated rings. The largest absolute Gasteiger partial charge is 0.338 e. The summed E-state index contributed by atoms with van der Waals surface area (Å²) in [6, 6.07) is 0.928. The first-order valence-electron chi connectivity index (χ1n) is 7.62. The van der Waals surface area contributed by atoms with Crippen LogP contribution >= 0.6 is 11.5 Å². The molecule has 1 aliphatic carbocycles. The Hall–Kier alpha value is -1.01. The normalized spacial score (nSPS) is 23.1. The zero-order valence-corrected chi connectivity index (χ0v) is 14.5. The van der Waals surface area contributed by atoms with Crippen LogP contribution in [-0.2, 0) is 5.41 Å². The van der Waals surface area contributed by atoms with E-state index in [1.165, 1.54) is 11.5 Å². The highest BCUT2D eigenvalue weighted by Gasteiger charge is 2.31. The fraction of sp³-hybridized carbons (Fsp3) is 0.800. The second-order valence-electron chi connectivity index (χ2n) is 6.91. The Balaban J connectivity index is 2.09. The number of aromatic nitrogens is 2. The van der Waals surface area contributed by atoms with Gasteiger partial charge >= 0.3 is 0 Å². The van der Waals surface area contributed by atoms with E-state index in [0.29, 0.717) is 17.0 Å². The molecule has 21 heavy (non-hydrogen) atoms. The topological polar surface area (TPSA) is 58.1 Å². The van der Waals surface area contributed by atoms with Gasteiger partial charge < -0.3 is 10.2 Å². The Morgan fingerprint density at radius 3 is 2.43 bits per heavy atom. The molecule has 1 saturated carbocycles. The molecule has 0 bridgehead atoms. The summed E-state index contributed by atoms with van der Waals surface area (Å²) in [6.07, 6.45) is 4.38. The number of carbonyl (C=O) groups excluding carboxylic acids is 1. The van der Waals surface area contributed by atoms with E-state index >= 15 is 0 Å². The number of hydrogen-bond donors (Lipinski definition) is 1. The number of hydrogen-bond acceptors (Lipinski definition) is 5. The van der Waals surface area contributed by atoms with Gasteiger partial charge in [-0.1, -0.05) is 25.3 Å². The van der Waals surface area contributed by atoms with Gasteiger partial charge in [0.1, 0.15) is 4.88 Å². The van der Waals surface area contributed by atoms with Gasteiger partial charge in [0.15, 0.2) is 0 Å². The fourth-order valence-corrected chi connectivity index (χ4v) is 3.76. The molecule has 0 atom stereocenters. The molecule has 1 aromatic heterocycles. The Morgan fingerprint density at radius 1 is 1.29 bits per heavy atom. The van der Waals surface area contributed by atoms with Gasteiger partial charge in [0.25, 0.3) is 5.91 Å². The Labute approximate surface area is 131 Å². The highest BCUT2D eigenvalue weighted by atomic mass is 32.1. The van der Waals surface area contributed by atoms with Crippen molar-refractivity contribution in [3.63, 3.8) is 0 Å². The molecule has 1 aromatic rings. The smallest absolute Gasteiger partial charge is 0.267 e. The SMILES string of the molecule is CNC1CCC(N(C)C(=O)c2snnc2C(C)(C)C)CC1. The van der Waals surface area contributed by atoms with Crippen molar-refractivity contribution in [3.05, 3.63) is 10.6 Å². The van der Waals surface area contributed by atoms with Gasteiger partial charge in [0.05, 0.1) is 5.69 Å². The van der Waals surface area contributed by atoms with E-state index in [4.69, 9.17) is 0 Å². The van der Waals surface area contributed by atoms with Crippen LogP contribution in [0, 0.1) is 0 Å². The zero-order chi connectivity index (χ0) is 15.6. The minimum absolute atomic E-state index is 0.0721. The lowest BCUT2D eigenvalue weighted by Crippen LogP contribution is -2.42. The molecule has 2 rings (SSSR count). The standard InChI is InChI=1S/C15H26N4OS/c1-15(2,3)13-12(21-18-17-13)14(20)19(5)11-8-6-10(16-4)7-9-11/h10-11,16H,6-9H2,1-5H3. The maximum atomic E-state index is 12.8. The first-order chi connectivity index (χ1) is 9.84. The molecule has 0 unspecified atom stereocenters. The molecule has 5 nitrogen and oxygen atoms in total. The van der Waals surface area contributed by atoms with Crippen molar-refractivity contribution in [2.45, 2.75) is 64.0 Å². The molecule has 0 saturated heterocycles. The van der Waals surface area contributed by atoms with Crippen LogP contribution < -0.4 is 5.32 Å². The van der Waals surface area contributed by atoms with Crippen LogP contribution in [0.4, 0.5) is 0 Å². The van der Waals surface area contributed by atoms with Crippen molar-refractivity contribution in [1.29, 1.82) is 0 Å². The molecule has 1 N–H and O–H groups in total. The summed E-state index contributed by atoms with van der Waals surface area (Å²) in [5.74, 6) is 0.0721. The van der Waals surface area contributed by atoms with E-state index in [0.717, 1.165) is 31.4 Å². The molecule has 1 aliphatic rings. The first-order valence-corrected chi connectivity index (χ1v) is 8.39. The minimum atomic E-state index is -0.150. The summed E-state index contributed by atoms with van der Waals surface area (Å²) < 4.78 is 4.00. The highest BCUT2D eigenvalue weighted by molar-refractivity contribution is 7.08. The van der Waals surface area contributed by atoms with Crippen LogP contribution in [-0.4, -0.2) is 46.6 Å². The van der Waals surface area contributed by atoms with Crippen LogP contribution in [0.25, 0.3) is 0 Å². The van der Waals surface area contributed by atoms with Crippen LogP contribution in [0.15, 0.2) is 0 Å². The van der Waals surface area contributed by atoms with Gasteiger partial charge in [-0.05, 0) is 44.3 Å². The number of amides is 1. The van der Waals surface area contributed by atoms with Gasteiger partial charge in [-0.15, -0.1) is 5.10 Å². The van der Waals surface area contributed by atoms with Crippen LogP contribution in [0.5, 0.6) is 0 Å². The maximum absolute atomic E-state index is 12.8. The Bertz CT molecular complexity index is 486. The lowest BCUT2D eigenvalue weighted by molar-refractivity contribution is 0.0688. The molecule has 0 aliphatic heterocycles. The molecule has 0 spiro atoms. The van der Waals surface area contributed by atoms with E-state index in [-0.39, 0.29) is 11.3 Å². The van der Waals surface area contributed by atoms with E-state index in [2.05, 4.69) is 35.7 Å². The summed E-state index contributed by atoms with van der Waals surface area (Å²) in [4.78, 5) is 15.4. The monoisotopic (exact) mass is 310 g/mol. The maximum Gasteiger partial charge on any atom is 0.267 e. The number of nitrogens with one attached hydrogen (secondary N) is 1. The zero-order valence-electron chi connectivity index (χ0n) is 13.6. The highest BCUT2D eigenvalue weighted by Crippen LogP contribution is 2.29. The van der Waals surface area contributed by atoms with Crippen molar-refractivity contribution in [3.8, 4) is 0 Å². The Morgan fingerprint density at radius 2 is 1.90 bits per heavy atom. The van der Waals surface area contributed by atoms with Crippen molar-refractivity contribution in [2.24, 2.45) is 0 Å². The number of nitrogens with zero attached hydrogens (tertiary/aromatic N) is 3. The second-order valence-corrected chi connectivity index (χ2v) is 7.66. The molecule has 0 aromatic carbocycles. The molecule has 1 heterocycles. The Kier molecular flexibility index (Phi) is 4.99. The van der Waals surface area contributed by atoms with E-state index < -0.39 is 0 Å². The van der Waals surface area contributed by atoms with E-state index in [1.807, 2.05) is 19.0 Å². The number of carbonyl (C=O) groups is 1. The van der Waals surface area contributed by atoms with Crippen LogP contribution in [0.1, 0.15) is 61.8 Å². The summed E-state index contributed by atoms with van der Waals surface area (Å²) in [6.45, 7) is 6.20. The van der Waals surface area contributed by atoms with Crippen LogP contribution in [0.3, 0.4) is 0 Å². The second kappa shape index (κ2) is 6.40. The molecule has 1 amide bonds. The van der Waals surface area contributed by atoms with Crippen molar-refractivity contribution >= 4 is 17.4 Å². The van der Waals surface area contributed by atoms with Crippen molar-refractivity contribution < 1.29 is 4.79 Å². The molecule has 0 radical (unpaired) electrons. The van der Waals surface area contributed by atoms with Gasteiger partial charge in [-0.3, -0.25) is 4.79 Å². The summed E-state index contributed by atoms with van der Waals surface area (Å²) in [7, 11) is 3.93. The minimum Gasteiger partial charge on any atom is -0.338 e. The average molecular weight is 310 g/mol. The van der Waals surface area contributed by atoms with Crippen molar-refractivity contribution in [1.82, 2.24) is 19.8 Å². The van der Waals surface area contributed by atoms with Gasteiger partial charge in [0, 0.05) is 24.5 Å². The van der Waals surface area contributed by atoms with Crippen LogP contribution in [0.2, 0.25) is 0 Å². The van der Waals surface area contributed by atoms with Gasteiger partial charge in [-0.25, -0.2) is 0 Å².